The van der Waals surface area contributed by atoms with Gasteiger partial charge in [-0.1, -0.05) is 0 Å². The van der Waals surface area contributed by atoms with Gasteiger partial charge >= 0.3 is 0 Å². The fourth-order valence-corrected chi connectivity index (χ4v) is 0.715. The molecule has 12 heavy (non-hydrogen) atoms. The van der Waals surface area contributed by atoms with Gasteiger partial charge in [-0.3, -0.25) is 9.78 Å². The number of carbonyl (C=O) groups excluding carboxylic acids is 1. The standard InChI is InChI=1S/C8H10N2O2/c1-8(2,12)7-4-9-6(5-11)3-10-7/h3-5,12H,1-2H3. The van der Waals surface area contributed by atoms with Gasteiger partial charge in [0.2, 0.25) is 0 Å². The topological polar surface area (TPSA) is 63.1 Å². The summed E-state index contributed by atoms with van der Waals surface area (Å²) in [5.41, 5.74) is -0.287. The van der Waals surface area contributed by atoms with E-state index in [-0.39, 0.29) is 5.69 Å². The van der Waals surface area contributed by atoms with Crippen LogP contribution in [0, 0.1) is 0 Å². The molecule has 0 aromatic carbocycles. The summed E-state index contributed by atoms with van der Waals surface area (Å²) in [4.78, 5) is 17.9. The highest BCUT2D eigenvalue weighted by Crippen LogP contribution is 2.14. The zero-order valence-corrected chi connectivity index (χ0v) is 6.98. The van der Waals surface area contributed by atoms with E-state index in [1.807, 2.05) is 0 Å². The lowest BCUT2D eigenvalue weighted by atomic mass is 10.1. The van der Waals surface area contributed by atoms with Gasteiger partial charge in [0.25, 0.3) is 0 Å². The Bertz CT molecular complexity index is 274. The van der Waals surface area contributed by atoms with E-state index in [1.54, 1.807) is 13.8 Å². The van der Waals surface area contributed by atoms with E-state index in [4.69, 9.17) is 0 Å². The highest BCUT2D eigenvalue weighted by atomic mass is 16.3. The van der Waals surface area contributed by atoms with Crippen molar-refractivity contribution >= 4 is 6.29 Å². The Hall–Kier alpha value is -1.29. The summed E-state index contributed by atoms with van der Waals surface area (Å²) in [6.07, 6.45) is 3.34. The number of aromatic nitrogens is 2. The first kappa shape index (κ1) is 8.80. The van der Waals surface area contributed by atoms with Gasteiger partial charge in [0.1, 0.15) is 11.3 Å². The van der Waals surface area contributed by atoms with Gasteiger partial charge in [0, 0.05) is 0 Å². The fraction of sp³-hybridized carbons (Fsp3) is 0.375. The third-order valence-electron chi connectivity index (χ3n) is 1.42. The Labute approximate surface area is 70.3 Å². The van der Waals surface area contributed by atoms with Crippen molar-refractivity contribution in [1.29, 1.82) is 0 Å². The van der Waals surface area contributed by atoms with Crippen molar-refractivity contribution in [2.24, 2.45) is 0 Å². The number of aliphatic hydroxyl groups is 1. The van der Waals surface area contributed by atoms with E-state index in [2.05, 4.69) is 9.97 Å². The first-order valence-corrected chi connectivity index (χ1v) is 3.54. The van der Waals surface area contributed by atoms with Gasteiger partial charge in [0.15, 0.2) is 6.29 Å². The first-order valence-electron chi connectivity index (χ1n) is 3.54. The van der Waals surface area contributed by atoms with Crippen LogP contribution < -0.4 is 0 Å². The molecule has 1 heterocycles. The van der Waals surface area contributed by atoms with Gasteiger partial charge in [-0.2, -0.15) is 0 Å². The zero-order chi connectivity index (χ0) is 9.19. The average molecular weight is 166 g/mol. The summed E-state index contributed by atoms with van der Waals surface area (Å²) in [5.74, 6) is 0. The summed E-state index contributed by atoms with van der Waals surface area (Å²) < 4.78 is 0. The normalized spacial score (nSPS) is 11.2. The molecule has 64 valence electrons. The molecular formula is C8H10N2O2. The van der Waals surface area contributed by atoms with Crippen LogP contribution in [0.3, 0.4) is 0 Å². The molecule has 0 spiro atoms. The third kappa shape index (κ3) is 1.85. The summed E-state index contributed by atoms with van der Waals surface area (Å²) in [5, 5.41) is 9.46. The largest absolute Gasteiger partial charge is 0.384 e. The molecule has 0 aliphatic carbocycles. The Kier molecular flexibility index (Phi) is 2.19. The smallest absolute Gasteiger partial charge is 0.170 e. The van der Waals surface area contributed by atoms with Gasteiger partial charge in [-0.15, -0.1) is 0 Å². The Morgan fingerprint density at radius 1 is 1.42 bits per heavy atom. The molecule has 0 saturated heterocycles. The highest BCUT2D eigenvalue weighted by molar-refractivity contribution is 5.70. The number of nitrogens with zero attached hydrogens (tertiary/aromatic N) is 2. The number of hydrogen-bond donors (Lipinski definition) is 1. The van der Waals surface area contributed by atoms with Crippen LogP contribution in [0.2, 0.25) is 0 Å². The monoisotopic (exact) mass is 166 g/mol. The molecule has 0 amide bonds. The maximum Gasteiger partial charge on any atom is 0.170 e. The van der Waals surface area contributed by atoms with E-state index in [9.17, 15) is 9.90 Å². The van der Waals surface area contributed by atoms with Crippen molar-refractivity contribution in [3.63, 3.8) is 0 Å². The maximum absolute atomic E-state index is 10.2. The van der Waals surface area contributed by atoms with Crippen LogP contribution in [-0.4, -0.2) is 21.4 Å². The number of hydrogen-bond acceptors (Lipinski definition) is 4. The Morgan fingerprint density at radius 3 is 2.42 bits per heavy atom. The van der Waals surface area contributed by atoms with Crippen LogP contribution in [0.15, 0.2) is 12.4 Å². The predicted molar refractivity (Wildman–Crippen MR) is 42.7 cm³/mol. The molecular weight excluding hydrogens is 156 g/mol. The fourth-order valence-electron chi connectivity index (χ4n) is 0.715. The second-order valence-corrected chi connectivity index (χ2v) is 3.00. The predicted octanol–water partition coefficient (Wildman–Crippen LogP) is 0.516. The molecule has 0 radical (unpaired) electrons. The zero-order valence-electron chi connectivity index (χ0n) is 6.98. The lowest BCUT2D eigenvalue weighted by molar-refractivity contribution is 0.0733. The van der Waals surface area contributed by atoms with Crippen LogP contribution in [0.5, 0.6) is 0 Å². The van der Waals surface area contributed by atoms with Gasteiger partial charge in [-0.05, 0) is 13.8 Å². The molecule has 4 heteroatoms. The second-order valence-electron chi connectivity index (χ2n) is 3.00. The van der Waals surface area contributed by atoms with Crippen molar-refractivity contribution in [2.45, 2.75) is 19.4 Å². The molecule has 0 aliphatic heterocycles. The molecule has 0 fully saturated rings. The van der Waals surface area contributed by atoms with Gasteiger partial charge in [0.05, 0.1) is 18.1 Å². The lowest BCUT2D eigenvalue weighted by Crippen LogP contribution is -2.17. The average Bonchev–Trinajstić information content (AvgIpc) is 2.03. The number of carbonyl (C=O) groups is 1. The quantitative estimate of drug-likeness (QED) is 0.650. The van der Waals surface area contributed by atoms with Crippen molar-refractivity contribution in [1.82, 2.24) is 9.97 Å². The molecule has 0 bridgehead atoms. The van der Waals surface area contributed by atoms with Crippen molar-refractivity contribution < 1.29 is 9.90 Å². The molecule has 0 saturated carbocycles. The number of aldehydes is 1. The van der Waals surface area contributed by atoms with Gasteiger partial charge < -0.3 is 5.11 Å². The minimum Gasteiger partial charge on any atom is -0.384 e. The van der Waals surface area contributed by atoms with E-state index in [0.29, 0.717) is 12.0 Å². The lowest BCUT2D eigenvalue weighted by Gasteiger charge is -2.14. The molecule has 1 rings (SSSR count). The molecule has 1 aromatic rings. The van der Waals surface area contributed by atoms with Crippen LogP contribution >= 0.6 is 0 Å². The van der Waals surface area contributed by atoms with Crippen LogP contribution in [0.25, 0.3) is 0 Å². The highest BCUT2D eigenvalue weighted by Gasteiger charge is 2.17. The molecule has 0 unspecified atom stereocenters. The van der Waals surface area contributed by atoms with Crippen molar-refractivity contribution in [2.75, 3.05) is 0 Å². The van der Waals surface area contributed by atoms with Crippen molar-refractivity contribution in [3.05, 3.63) is 23.8 Å². The van der Waals surface area contributed by atoms with E-state index >= 15 is 0 Å². The SMILES string of the molecule is CC(C)(O)c1cnc(C=O)cn1. The summed E-state index contributed by atoms with van der Waals surface area (Å²) in [6, 6.07) is 0. The molecule has 4 nitrogen and oxygen atoms in total. The Morgan fingerprint density at radius 2 is 2.08 bits per heavy atom. The van der Waals surface area contributed by atoms with Crippen molar-refractivity contribution in [3.8, 4) is 0 Å². The van der Waals surface area contributed by atoms with E-state index in [0.717, 1.165) is 0 Å². The third-order valence-corrected chi connectivity index (χ3v) is 1.42. The second kappa shape index (κ2) is 2.98. The summed E-state index contributed by atoms with van der Waals surface area (Å²) in [7, 11) is 0. The van der Waals surface area contributed by atoms with Crippen LogP contribution in [0.1, 0.15) is 30.0 Å². The Balaban J connectivity index is 3.00. The first-order chi connectivity index (χ1) is 5.54. The van der Waals surface area contributed by atoms with Crippen LogP contribution in [-0.2, 0) is 5.60 Å². The minimum absolute atomic E-state index is 0.267. The summed E-state index contributed by atoms with van der Waals surface area (Å²) >= 11 is 0. The minimum atomic E-state index is -1.01. The summed E-state index contributed by atoms with van der Waals surface area (Å²) in [6.45, 7) is 3.22. The van der Waals surface area contributed by atoms with E-state index in [1.165, 1.54) is 12.4 Å². The number of rotatable bonds is 2. The van der Waals surface area contributed by atoms with E-state index < -0.39 is 5.60 Å². The van der Waals surface area contributed by atoms with Gasteiger partial charge in [-0.25, -0.2) is 4.98 Å². The van der Waals surface area contributed by atoms with Crippen LogP contribution in [0.4, 0.5) is 0 Å². The molecule has 1 N–H and O–H groups in total. The maximum atomic E-state index is 10.2. The molecule has 0 atom stereocenters. The molecule has 1 aromatic heterocycles. The molecule has 0 aliphatic rings.